The zero-order valence-corrected chi connectivity index (χ0v) is 10.8. The first-order chi connectivity index (χ1) is 9.53. The van der Waals surface area contributed by atoms with Crippen molar-refractivity contribution >= 4 is 5.69 Å². The molecule has 1 aliphatic carbocycles. The van der Waals surface area contributed by atoms with E-state index in [1.165, 1.54) is 22.3 Å². The minimum atomic E-state index is -4.11. The van der Waals surface area contributed by atoms with Gasteiger partial charge in [0.15, 0.2) is 0 Å². The van der Waals surface area contributed by atoms with Crippen LogP contribution in [0.5, 0.6) is 0 Å². The summed E-state index contributed by atoms with van der Waals surface area (Å²) in [5.74, 6) is 0. The van der Waals surface area contributed by atoms with E-state index in [9.17, 15) is 13.2 Å². The van der Waals surface area contributed by atoms with Crippen LogP contribution in [0.1, 0.15) is 17.5 Å². The minimum Gasteiger partial charge on any atom is -0.385 e. The van der Waals surface area contributed by atoms with Crippen LogP contribution in [0.25, 0.3) is 11.1 Å². The van der Waals surface area contributed by atoms with Gasteiger partial charge < -0.3 is 5.32 Å². The Labute approximate surface area is 115 Å². The summed E-state index contributed by atoms with van der Waals surface area (Å²) in [6, 6.07) is 14.0. The fourth-order valence-corrected chi connectivity index (χ4v) is 2.60. The van der Waals surface area contributed by atoms with Gasteiger partial charge in [0.1, 0.15) is 0 Å². The highest BCUT2D eigenvalue weighted by Gasteiger charge is 2.26. The second-order valence-corrected chi connectivity index (χ2v) is 5.00. The normalized spacial score (nSPS) is 12.9. The SMILES string of the molecule is FC(F)(F)CCNc1ccc2c(c1)Cc1ccccc1-2. The van der Waals surface area contributed by atoms with Crippen molar-refractivity contribution in [2.45, 2.75) is 19.0 Å². The Morgan fingerprint density at radius 2 is 1.70 bits per heavy atom. The molecule has 0 bridgehead atoms. The third kappa shape index (κ3) is 2.64. The average molecular weight is 277 g/mol. The average Bonchev–Trinajstić information content (AvgIpc) is 2.74. The lowest BCUT2D eigenvalue weighted by atomic mass is 10.1. The summed E-state index contributed by atoms with van der Waals surface area (Å²) < 4.78 is 36.4. The Kier molecular flexibility index (Phi) is 3.16. The Morgan fingerprint density at radius 1 is 0.950 bits per heavy atom. The summed E-state index contributed by atoms with van der Waals surface area (Å²) in [6.45, 7) is -0.0881. The van der Waals surface area contributed by atoms with E-state index < -0.39 is 12.6 Å². The van der Waals surface area contributed by atoms with Crippen molar-refractivity contribution in [3.8, 4) is 11.1 Å². The van der Waals surface area contributed by atoms with Crippen LogP contribution in [0.15, 0.2) is 42.5 Å². The predicted molar refractivity (Wildman–Crippen MR) is 73.8 cm³/mol. The Hall–Kier alpha value is -1.97. The second-order valence-electron chi connectivity index (χ2n) is 5.00. The molecule has 0 amide bonds. The van der Waals surface area contributed by atoms with Crippen LogP contribution < -0.4 is 5.32 Å². The molecule has 2 aromatic rings. The van der Waals surface area contributed by atoms with E-state index >= 15 is 0 Å². The highest BCUT2D eigenvalue weighted by molar-refractivity contribution is 5.78. The molecular formula is C16H14F3N. The van der Waals surface area contributed by atoms with Crippen molar-refractivity contribution < 1.29 is 13.2 Å². The number of nitrogens with one attached hydrogen (secondary N) is 1. The van der Waals surface area contributed by atoms with Crippen LogP contribution in [-0.4, -0.2) is 12.7 Å². The fourth-order valence-electron chi connectivity index (χ4n) is 2.60. The highest BCUT2D eigenvalue weighted by Crippen LogP contribution is 2.37. The van der Waals surface area contributed by atoms with Crippen LogP contribution in [0.3, 0.4) is 0 Å². The molecule has 20 heavy (non-hydrogen) atoms. The number of rotatable bonds is 3. The van der Waals surface area contributed by atoms with Crippen molar-refractivity contribution in [1.82, 2.24) is 0 Å². The van der Waals surface area contributed by atoms with Gasteiger partial charge in [-0.1, -0.05) is 30.3 Å². The predicted octanol–water partition coefficient (Wildman–Crippen LogP) is 4.62. The van der Waals surface area contributed by atoms with Gasteiger partial charge in [0.25, 0.3) is 0 Å². The summed E-state index contributed by atoms with van der Waals surface area (Å²) in [5, 5.41) is 2.84. The third-order valence-corrected chi connectivity index (χ3v) is 3.53. The molecule has 0 unspecified atom stereocenters. The number of alkyl halides is 3. The number of anilines is 1. The first kappa shape index (κ1) is 13.0. The molecule has 4 heteroatoms. The fraction of sp³-hybridized carbons (Fsp3) is 0.250. The number of halogens is 3. The summed E-state index contributed by atoms with van der Waals surface area (Å²) in [7, 11) is 0. The van der Waals surface area contributed by atoms with E-state index in [-0.39, 0.29) is 6.54 Å². The molecule has 0 fully saturated rings. The molecule has 0 saturated carbocycles. The monoisotopic (exact) mass is 277 g/mol. The first-order valence-corrected chi connectivity index (χ1v) is 6.55. The van der Waals surface area contributed by atoms with Crippen LogP contribution in [0, 0.1) is 0 Å². The molecule has 0 heterocycles. The Balaban J connectivity index is 1.74. The molecule has 0 aromatic heterocycles. The topological polar surface area (TPSA) is 12.0 Å². The van der Waals surface area contributed by atoms with Gasteiger partial charge >= 0.3 is 6.18 Å². The molecule has 1 N–H and O–H groups in total. The van der Waals surface area contributed by atoms with E-state index in [1.807, 2.05) is 30.3 Å². The number of fused-ring (bicyclic) bond motifs is 3. The number of hydrogen-bond acceptors (Lipinski definition) is 1. The van der Waals surface area contributed by atoms with E-state index in [0.717, 1.165) is 12.1 Å². The van der Waals surface area contributed by atoms with E-state index in [1.54, 1.807) is 0 Å². The molecule has 3 rings (SSSR count). The van der Waals surface area contributed by atoms with Gasteiger partial charge in [-0.3, -0.25) is 0 Å². The molecule has 0 aliphatic heterocycles. The smallest absolute Gasteiger partial charge is 0.385 e. The van der Waals surface area contributed by atoms with Gasteiger partial charge in [0, 0.05) is 12.2 Å². The van der Waals surface area contributed by atoms with E-state index in [0.29, 0.717) is 0 Å². The molecule has 0 saturated heterocycles. The maximum atomic E-state index is 12.1. The van der Waals surface area contributed by atoms with Crippen molar-refractivity contribution in [2.24, 2.45) is 0 Å². The zero-order chi connectivity index (χ0) is 14.2. The summed E-state index contributed by atoms with van der Waals surface area (Å²) in [4.78, 5) is 0. The highest BCUT2D eigenvalue weighted by atomic mass is 19.4. The quantitative estimate of drug-likeness (QED) is 0.736. The maximum Gasteiger partial charge on any atom is 0.390 e. The lowest BCUT2D eigenvalue weighted by molar-refractivity contribution is -0.131. The summed E-state index contributed by atoms with van der Waals surface area (Å²) in [5.41, 5.74) is 5.60. The van der Waals surface area contributed by atoms with Crippen LogP contribution in [-0.2, 0) is 6.42 Å². The zero-order valence-electron chi connectivity index (χ0n) is 10.8. The molecular weight excluding hydrogens is 263 g/mol. The molecule has 104 valence electrons. The molecule has 1 aliphatic rings. The van der Waals surface area contributed by atoms with Crippen LogP contribution in [0.2, 0.25) is 0 Å². The van der Waals surface area contributed by atoms with E-state index in [4.69, 9.17) is 0 Å². The summed E-state index contributed by atoms with van der Waals surface area (Å²) in [6.07, 6.45) is -4.08. The standard InChI is InChI=1S/C16H14F3N/c17-16(18,19)7-8-20-13-5-6-15-12(10-13)9-11-3-1-2-4-14(11)15/h1-6,10,20H,7-9H2. The largest absolute Gasteiger partial charge is 0.390 e. The van der Waals surface area contributed by atoms with E-state index in [2.05, 4.69) is 17.4 Å². The van der Waals surface area contributed by atoms with Crippen molar-refractivity contribution in [3.05, 3.63) is 53.6 Å². The van der Waals surface area contributed by atoms with Gasteiger partial charge in [-0.15, -0.1) is 0 Å². The van der Waals surface area contributed by atoms with Crippen molar-refractivity contribution in [3.63, 3.8) is 0 Å². The van der Waals surface area contributed by atoms with Gasteiger partial charge in [-0.2, -0.15) is 13.2 Å². The second kappa shape index (κ2) is 4.85. The molecule has 0 atom stereocenters. The number of benzene rings is 2. The molecule has 0 spiro atoms. The van der Waals surface area contributed by atoms with Gasteiger partial charge in [0.2, 0.25) is 0 Å². The number of hydrogen-bond donors (Lipinski definition) is 1. The first-order valence-electron chi connectivity index (χ1n) is 6.55. The lowest BCUT2D eigenvalue weighted by Gasteiger charge is -2.10. The molecule has 2 aromatic carbocycles. The van der Waals surface area contributed by atoms with Gasteiger partial charge in [0.05, 0.1) is 6.42 Å². The van der Waals surface area contributed by atoms with Crippen LogP contribution >= 0.6 is 0 Å². The summed E-state index contributed by atoms with van der Waals surface area (Å²) >= 11 is 0. The Morgan fingerprint density at radius 3 is 2.50 bits per heavy atom. The molecule has 0 radical (unpaired) electrons. The van der Waals surface area contributed by atoms with Crippen LogP contribution in [0.4, 0.5) is 18.9 Å². The maximum absolute atomic E-state index is 12.1. The van der Waals surface area contributed by atoms with Gasteiger partial charge in [-0.25, -0.2) is 0 Å². The minimum absolute atomic E-state index is 0.0881. The molecule has 1 nitrogen and oxygen atoms in total. The van der Waals surface area contributed by atoms with Gasteiger partial charge in [-0.05, 0) is 40.8 Å². The lowest BCUT2D eigenvalue weighted by Crippen LogP contribution is -2.14. The third-order valence-electron chi connectivity index (χ3n) is 3.53. The van der Waals surface area contributed by atoms with Crippen molar-refractivity contribution in [1.29, 1.82) is 0 Å². The van der Waals surface area contributed by atoms with Crippen molar-refractivity contribution in [2.75, 3.05) is 11.9 Å². The Bertz CT molecular complexity index is 632.